The minimum absolute atomic E-state index is 0.447. The van der Waals surface area contributed by atoms with Crippen LogP contribution in [-0.4, -0.2) is 27.5 Å². The van der Waals surface area contributed by atoms with Gasteiger partial charge in [-0.15, -0.1) is 0 Å². The Morgan fingerprint density at radius 2 is 2.14 bits per heavy atom. The monoisotopic (exact) mass is 216 g/mol. The van der Waals surface area contributed by atoms with Gasteiger partial charge < -0.3 is 15.9 Å². The predicted molar refractivity (Wildman–Crippen MR) is 62.7 cm³/mol. The Labute approximate surface area is 88.3 Å². The Bertz CT molecular complexity index is 166. The zero-order chi connectivity index (χ0) is 10.4. The van der Waals surface area contributed by atoms with Crippen molar-refractivity contribution in [2.45, 2.75) is 50.4 Å². The Balaban J connectivity index is 2.36. The number of hydrogen-bond donors (Lipinski definition) is 2. The van der Waals surface area contributed by atoms with Gasteiger partial charge in [0.25, 0.3) is 0 Å². The summed E-state index contributed by atoms with van der Waals surface area (Å²) >= 11 is 0. The number of nitrogens with two attached hydrogens (primary N) is 2. The van der Waals surface area contributed by atoms with E-state index in [-0.39, 0.29) is 0 Å². The molecule has 2 atom stereocenters. The van der Waals surface area contributed by atoms with Crippen LogP contribution >= 0.6 is 0 Å². The average molecular weight is 216 g/mol. The maximum absolute atomic E-state index is 6.22. The van der Waals surface area contributed by atoms with Gasteiger partial charge in [-0.2, -0.15) is 0 Å². The number of rotatable bonds is 5. The van der Waals surface area contributed by atoms with Crippen molar-refractivity contribution in [3.63, 3.8) is 0 Å². The molecule has 0 saturated carbocycles. The van der Waals surface area contributed by atoms with Crippen molar-refractivity contribution in [1.29, 1.82) is 0 Å². The van der Waals surface area contributed by atoms with Gasteiger partial charge in [-0.3, -0.25) is 0 Å². The summed E-state index contributed by atoms with van der Waals surface area (Å²) in [6.07, 6.45) is 5.15. The van der Waals surface area contributed by atoms with Crippen molar-refractivity contribution >= 4 is 8.32 Å². The minimum Gasteiger partial charge on any atom is -0.414 e. The highest BCUT2D eigenvalue weighted by atomic mass is 28.4. The van der Waals surface area contributed by atoms with Crippen LogP contribution in [0.5, 0.6) is 0 Å². The highest BCUT2D eigenvalue weighted by Crippen LogP contribution is 2.30. The summed E-state index contributed by atoms with van der Waals surface area (Å²) in [5, 5.41) is 0. The normalized spacial score (nSPS) is 33.2. The van der Waals surface area contributed by atoms with Crippen molar-refractivity contribution < 1.29 is 4.43 Å². The molecule has 0 aromatic heterocycles. The second-order valence-electron chi connectivity index (χ2n) is 4.55. The highest BCUT2D eigenvalue weighted by molar-refractivity contribution is 6.72. The molecule has 1 heterocycles. The van der Waals surface area contributed by atoms with Gasteiger partial charge in [0.05, 0.1) is 0 Å². The first-order chi connectivity index (χ1) is 6.70. The lowest BCUT2D eigenvalue weighted by Gasteiger charge is -2.37. The molecule has 1 rings (SSSR count). The molecule has 0 aromatic carbocycles. The molecule has 0 aliphatic carbocycles. The molecule has 1 aliphatic rings. The molecule has 0 aromatic rings. The molecule has 1 saturated heterocycles. The summed E-state index contributed by atoms with van der Waals surface area (Å²) in [6, 6.07) is 2.54. The van der Waals surface area contributed by atoms with Gasteiger partial charge in [-0.05, 0) is 51.0 Å². The summed E-state index contributed by atoms with van der Waals surface area (Å²) in [4.78, 5) is 0. The van der Waals surface area contributed by atoms with Crippen LogP contribution in [-0.2, 0) is 4.43 Å². The van der Waals surface area contributed by atoms with Crippen LogP contribution in [0.1, 0.15) is 25.7 Å². The fraction of sp³-hybridized carbons (Fsp3) is 1.00. The molecule has 14 heavy (non-hydrogen) atoms. The molecular weight excluding hydrogens is 192 g/mol. The Kier molecular flexibility index (Phi) is 5.09. The molecule has 0 amide bonds. The molecule has 1 fully saturated rings. The summed E-state index contributed by atoms with van der Waals surface area (Å²) < 4.78 is 6.22. The summed E-state index contributed by atoms with van der Waals surface area (Å²) in [5.74, 6) is 0. The lowest BCUT2D eigenvalue weighted by molar-refractivity contribution is 0.150. The zero-order valence-corrected chi connectivity index (χ0v) is 10.3. The predicted octanol–water partition coefficient (Wildman–Crippen LogP) is 1.44. The van der Waals surface area contributed by atoms with Crippen molar-refractivity contribution in [1.82, 2.24) is 0 Å². The largest absolute Gasteiger partial charge is 0.414 e. The molecule has 0 bridgehead atoms. The maximum Gasteiger partial charge on any atom is 0.190 e. The first kappa shape index (κ1) is 12.2. The van der Waals surface area contributed by atoms with Crippen molar-refractivity contribution in [2.24, 2.45) is 11.5 Å². The average Bonchev–Trinajstić information content (AvgIpc) is 2.16. The van der Waals surface area contributed by atoms with E-state index in [0.717, 1.165) is 25.9 Å². The maximum atomic E-state index is 6.22. The van der Waals surface area contributed by atoms with E-state index in [9.17, 15) is 0 Å². The SMILES string of the molecule is C[Si]1(CCCN)CCCC(CCN)O1. The second kappa shape index (κ2) is 5.85. The number of hydrogen-bond acceptors (Lipinski definition) is 3. The van der Waals surface area contributed by atoms with E-state index >= 15 is 0 Å². The van der Waals surface area contributed by atoms with Crippen LogP contribution in [0.4, 0.5) is 0 Å². The quantitative estimate of drug-likeness (QED) is 0.684. The van der Waals surface area contributed by atoms with Gasteiger partial charge in [0, 0.05) is 6.10 Å². The van der Waals surface area contributed by atoms with E-state index in [1.807, 2.05) is 0 Å². The van der Waals surface area contributed by atoms with Crippen LogP contribution in [0.3, 0.4) is 0 Å². The molecule has 0 spiro atoms. The molecule has 4 heteroatoms. The minimum atomic E-state index is -1.39. The van der Waals surface area contributed by atoms with Gasteiger partial charge in [0.2, 0.25) is 0 Å². The second-order valence-corrected chi connectivity index (χ2v) is 8.69. The van der Waals surface area contributed by atoms with E-state index in [0.29, 0.717) is 6.10 Å². The van der Waals surface area contributed by atoms with Gasteiger partial charge in [-0.25, -0.2) is 0 Å². The molecule has 4 N–H and O–H groups in total. The molecule has 1 aliphatic heterocycles. The van der Waals surface area contributed by atoms with E-state index < -0.39 is 8.32 Å². The zero-order valence-electron chi connectivity index (χ0n) is 9.30. The van der Waals surface area contributed by atoms with Crippen LogP contribution in [0, 0.1) is 0 Å². The van der Waals surface area contributed by atoms with Crippen LogP contribution in [0.15, 0.2) is 0 Å². The van der Waals surface area contributed by atoms with Crippen LogP contribution < -0.4 is 11.5 Å². The fourth-order valence-electron chi connectivity index (χ4n) is 2.27. The molecule has 3 nitrogen and oxygen atoms in total. The standard InChI is InChI=1S/C10H24N2OSi/c1-14(9-3-6-11)8-2-4-10(13-14)5-7-12/h10H,2-9,11-12H2,1H3. The van der Waals surface area contributed by atoms with E-state index in [1.165, 1.54) is 24.9 Å². The van der Waals surface area contributed by atoms with Gasteiger partial charge in [0.15, 0.2) is 8.32 Å². The smallest absolute Gasteiger partial charge is 0.190 e. The molecule has 0 radical (unpaired) electrons. The van der Waals surface area contributed by atoms with Crippen molar-refractivity contribution in [3.05, 3.63) is 0 Å². The third-order valence-corrected chi connectivity index (χ3v) is 6.81. The topological polar surface area (TPSA) is 61.3 Å². The van der Waals surface area contributed by atoms with Gasteiger partial charge in [0.1, 0.15) is 0 Å². The van der Waals surface area contributed by atoms with Gasteiger partial charge in [-0.1, -0.05) is 6.42 Å². The first-order valence-corrected chi connectivity index (χ1v) is 8.60. The van der Waals surface area contributed by atoms with Crippen molar-refractivity contribution in [3.8, 4) is 0 Å². The summed E-state index contributed by atoms with van der Waals surface area (Å²) in [5.41, 5.74) is 11.1. The van der Waals surface area contributed by atoms with E-state index in [1.54, 1.807) is 0 Å². The summed E-state index contributed by atoms with van der Waals surface area (Å²) in [6.45, 7) is 3.91. The van der Waals surface area contributed by atoms with E-state index in [4.69, 9.17) is 15.9 Å². The molecule has 2 unspecified atom stereocenters. The van der Waals surface area contributed by atoms with Gasteiger partial charge >= 0.3 is 0 Å². The fourth-order valence-corrected chi connectivity index (χ4v) is 5.70. The van der Waals surface area contributed by atoms with Crippen molar-refractivity contribution in [2.75, 3.05) is 13.1 Å². The molecule has 84 valence electrons. The lowest BCUT2D eigenvalue weighted by atomic mass is 10.1. The van der Waals surface area contributed by atoms with Crippen LogP contribution in [0.25, 0.3) is 0 Å². The summed E-state index contributed by atoms with van der Waals surface area (Å²) in [7, 11) is -1.39. The Morgan fingerprint density at radius 1 is 1.36 bits per heavy atom. The first-order valence-electron chi connectivity index (χ1n) is 5.78. The third-order valence-electron chi connectivity index (χ3n) is 3.08. The van der Waals surface area contributed by atoms with E-state index in [2.05, 4.69) is 6.55 Å². The third kappa shape index (κ3) is 3.69. The highest BCUT2D eigenvalue weighted by Gasteiger charge is 2.34. The van der Waals surface area contributed by atoms with Crippen LogP contribution in [0.2, 0.25) is 18.6 Å². The Hall–Kier alpha value is 0.0969. The Morgan fingerprint density at radius 3 is 2.79 bits per heavy atom. The lowest BCUT2D eigenvalue weighted by Crippen LogP contribution is -2.43. The molecular formula is C10H24N2OSi.